The van der Waals surface area contributed by atoms with Gasteiger partial charge in [0, 0.05) is 10.1 Å². The highest BCUT2D eigenvalue weighted by atomic mass is 29.3. The van der Waals surface area contributed by atoms with Crippen molar-refractivity contribution in [1.82, 2.24) is 0 Å². The summed E-state index contributed by atoms with van der Waals surface area (Å²) >= 11 is 0. The molecular weight excluding hydrogens is 332 g/mol. The highest BCUT2D eigenvalue weighted by Crippen LogP contribution is 2.61. The smallest absolute Gasteiger partial charge is 0.220 e. The minimum atomic E-state index is -2.10. The second-order valence-corrected chi connectivity index (χ2v) is 25.2. The molecule has 0 heterocycles. The topological polar surface area (TPSA) is 86.2 Å². The normalized spacial score (nSPS) is 24.3. The van der Waals surface area contributed by atoms with Crippen molar-refractivity contribution in [3.05, 3.63) is 0 Å². The summed E-state index contributed by atoms with van der Waals surface area (Å²) in [6.45, 7) is 9.42. The molecule has 24 heavy (non-hydrogen) atoms. The maximum Gasteiger partial charge on any atom is 0.220 e. The largest absolute Gasteiger partial charge is 0.369 e. The molecular formula is C18H36N2O2Si2. The molecule has 2 saturated carbocycles. The molecule has 0 saturated heterocycles. The van der Waals surface area contributed by atoms with E-state index in [4.69, 9.17) is 11.5 Å². The number of hydrogen-bond donors (Lipinski definition) is 2. The summed E-state index contributed by atoms with van der Waals surface area (Å²) in [5, 5.41) is -0.693. The van der Waals surface area contributed by atoms with Crippen molar-refractivity contribution in [3.8, 4) is 0 Å². The lowest BCUT2D eigenvalue weighted by molar-refractivity contribution is -0.123. The Hall–Kier alpha value is -0.626. The molecule has 2 fully saturated rings. The summed E-state index contributed by atoms with van der Waals surface area (Å²) in [5.74, 6) is -0.204. The average molecular weight is 369 g/mol. The van der Waals surface area contributed by atoms with Crippen LogP contribution in [0.2, 0.25) is 36.3 Å². The monoisotopic (exact) mass is 368 g/mol. The number of amides is 2. The van der Waals surface area contributed by atoms with Gasteiger partial charge in [0.05, 0.1) is 15.2 Å². The molecule has 4 nitrogen and oxygen atoms in total. The number of hydrogen-bond acceptors (Lipinski definition) is 2. The molecule has 138 valence electrons. The van der Waals surface area contributed by atoms with E-state index < -0.39 is 15.2 Å². The quantitative estimate of drug-likeness (QED) is 0.722. The lowest BCUT2D eigenvalue weighted by Crippen LogP contribution is -2.72. The first-order valence-electron chi connectivity index (χ1n) is 9.65. The SMILES string of the molecule is C[Si](C)(C1(C(N)=O)CCCCC1)[Si](C)(C)C1(C(N)=O)CCCCC1. The van der Waals surface area contributed by atoms with Gasteiger partial charge in [-0.15, -0.1) is 0 Å². The molecule has 2 aliphatic carbocycles. The second-order valence-electron chi connectivity index (χ2n) is 9.26. The Bertz CT molecular complexity index is 459. The lowest BCUT2D eigenvalue weighted by atomic mass is 9.87. The Morgan fingerprint density at radius 2 is 0.875 bits per heavy atom. The highest BCUT2D eigenvalue weighted by molar-refractivity contribution is 7.44. The highest BCUT2D eigenvalue weighted by Gasteiger charge is 2.66. The van der Waals surface area contributed by atoms with Crippen molar-refractivity contribution < 1.29 is 9.59 Å². The van der Waals surface area contributed by atoms with E-state index in [2.05, 4.69) is 26.2 Å². The van der Waals surface area contributed by atoms with Crippen LogP contribution in [0.1, 0.15) is 64.2 Å². The average Bonchev–Trinajstić information content (AvgIpc) is 2.55. The zero-order chi connectivity index (χ0) is 18.2. The Kier molecular flexibility index (Phi) is 5.41. The summed E-state index contributed by atoms with van der Waals surface area (Å²) in [6.07, 6.45) is 10.5. The van der Waals surface area contributed by atoms with E-state index in [0.717, 1.165) is 51.4 Å². The molecule has 0 unspecified atom stereocenters. The minimum Gasteiger partial charge on any atom is -0.369 e. The van der Waals surface area contributed by atoms with Gasteiger partial charge in [0.25, 0.3) is 0 Å². The molecule has 0 aliphatic heterocycles. The van der Waals surface area contributed by atoms with Crippen molar-refractivity contribution in [3.63, 3.8) is 0 Å². The fourth-order valence-electron chi connectivity index (χ4n) is 5.87. The summed E-state index contributed by atoms with van der Waals surface area (Å²) in [6, 6.07) is 0. The van der Waals surface area contributed by atoms with Crippen LogP contribution in [0.15, 0.2) is 0 Å². The zero-order valence-corrected chi connectivity index (χ0v) is 18.0. The van der Waals surface area contributed by atoms with Crippen LogP contribution in [0.4, 0.5) is 0 Å². The van der Waals surface area contributed by atoms with E-state index in [0.29, 0.717) is 0 Å². The first-order chi connectivity index (χ1) is 11.1. The van der Waals surface area contributed by atoms with E-state index in [9.17, 15) is 9.59 Å². The van der Waals surface area contributed by atoms with Gasteiger partial charge in [-0.3, -0.25) is 9.59 Å². The third-order valence-corrected chi connectivity index (χ3v) is 30.0. The minimum absolute atomic E-state index is 0.102. The standard InChI is InChI=1S/C18H36N2O2Si2/c1-23(2,17(15(19)21)11-7-5-8-12-17)24(3,4)18(16(20)22)13-9-6-10-14-18/h5-14H2,1-4H3,(H2,19,21)(H2,20,22). The van der Waals surface area contributed by atoms with Crippen LogP contribution in [-0.2, 0) is 9.59 Å². The second kappa shape index (κ2) is 6.59. The van der Waals surface area contributed by atoms with Crippen LogP contribution < -0.4 is 11.5 Å². The Morgan fingerprint density at radius 3 is 1.08 bits per heavy atom. The van der Waals surface area contributed by atoms with Gasteiger partial charge >= 0.3 is 0 Å². The molecule has 0 atom stereocenters. The van der Waals surface area contributed by atoms with Gasteiger partial charge < -0.3 is 11.5 Å². The molecule has 0 bridgehead atoms. The van der Waals surface area contributed by atoms with Gasteiger partial charge in [-0.1, -0.05) is 64.7 Å². The molecule has 0 aromatic heterocycles. The van der Waals surface area contributed by atoms with Crippen LogP contribution in [0, 0.1) is 0 Å². The van der Waals surface area contributed by atoms with Gasteiger partial charge in [-0.05, 0) is 25.7 Å². The van der Waals surface area contributed by atoms with Gasteiger partial charge in [-0.25, -0.2) is 0 Å². The number of rotatable bonds is 5. The lowest BCUT2D eigenvalue weighted by Gasteiger charge is -2.59. The number of primary amides is 2. The molecule has 4 N–H and O–H groups in total. The maximum atomic E-state index is 12.7. The molecule has 2 amide bonds. The zero-order valence-electron chi connectivity index (χ0n) is 16.0. The van der Waals surface area contributed by atoms with Gasteiger partial charge in [-0.2, -0.15) is 0 Å². The molecule has 0 aromatic rings. The van der Waals surface area contributed by atoms with Crippen LogP contribution >= 0.6 is 0 Å². The van der Waals surface area contributed by atoms with Crippen molar-refractivity contribution in [1.29, 1.82) is 0 Å². The predicted octanol–water partition coefficient (Wildman–Crippen LogP) is 3.86. The first kappa shape index (κ1) is 19.7. The summed E-state index contributed by atoms with van der Waals surface area (Å²) in [4.78, 5) is 25.4. The van der Waals surface area contributed by atoms with Gasteiger partial charge in [0.1, 0.15) is 0 Å². The maximum absolute atomic E-state index is 12.7. The fraction of sp³-hybridized carbons (Fsp3) is 0.889. The summed E-state index contributed by atoms with van der Waals surface area (Å²) in [7, 11) is -4.20. The van der Waals surface area contributed by atoms with Crippen molar-refractivity contribution in [2.75, 3.05) is 0 Å². The van der Waals surface area contributed by atoms with Crippen LogP contribution in [0.25, 0.3) is 0 Å². The molecule has 0 radical (unpaired) electrons. The van der Waals surface area contributed by atoms with E-state index >= 15 is 0 Å². The first-order valence-corrected chi connectivity index (χ1v) is 16.6. The van der Waals surface area contributed by atoms with Crippen LogP contribution in [0.3, 0.4) is 0 Å². The van der Waals surface area contributed by atoms with E-state index in [1.807, 2.05) is 0 Å². The Morgan fingerprint density at radius 1 is 0.625 bits per heavy atom. The third-order valence-electron chi connectivity index (χ3n) is 8.31. The fourth-order valence-corrected chi connectivity index (χ4v) is 22.1. The van der Waals surface area contributed by atoms with E-state index in [1.54, 1.807) is 0 Å². The molecule has 6 heteroatoms. The van der Waals surface area contributed by atoms with Crippen molar-refractivity contribution in [2.24, 2.45) is 11.5 Å². The van der Waals surface area contributed by atoms with Gasteiger partial charge in [0.2, 0.25) is 11.8 Å². The molecule has 0 aromatic carbocycles. The van der Waals surface area contributed by atoms with Gasteiger partial charge in [0.15, 0.2) is 0 Å². The third kappa shape index (κ3) is 2.60. The van der Waals surface area contributed by atoms with Crippen LogP contribution in [0.5, 0.6) is 0 Å². The van der Waals surface area contributed by atoms with Crippen molar-refractivity contribution in [2.45, 2.75) is 100 Å². The van der Waals surface area contributed by atoms with Crippen molar-refractivity contribution >= 4 is 27.0 Å². The van der Waals surface area contributed by atoms with Crippen LogP contribution in [-0.4, -0.2) is 27.0 Å². The Balaban J connectivity index is 2.54. The number of carbonyl (C=O) groups excluding carboxylic acids is 2. The molecule has 2 aliphatic rings. The predicted molar refractivity (Wildman–Crippen MR) is 105 cm³/mol. The molecule has 2 rings (SSSR count). The summed E-state index contributed by atoms with van der Waals surface area (Å²) < 4.78 is 0. The number of nitrogens with two attached hydrogens (primary N) is 2. The van der Waals surface area contributed by atoms with E-state index in [1.165, 1.54) is 12.8 Å². The molecule has 0 spiro atoms. The van der Waals surface area contributed by atoms with E-state index in [-0.39, 0.29) is 21.9 Å². The summed E-state index contributed by atoms with van der Waals surface area (Å²) in [5.41, 5.74) is 12.1. The number of carbonyl (C=O) groups is 2. The Labute approximate surface area is 148 Å².